The van der Waals surface area contributed by atoms with Crippen molar-refractivity contribution < 1.29 is 0 Å². The highest BCUT2D eigenvalue weighted by Crippen LogP contribution is 2.27. The standard InChI is InChI=1S/C16H26N2/c1-18(15-11-7-2-3-8-12-15)16(13-17)14-9-5-4-6-10-14/h4-6,9-10,15-16H,2-3,7-8,11-13,17H2,1H3. The highest BCUT2D eigenvalue weighted by atomic mass is 15.2. The summed E-state index contributed by atoms with van der Waals surface area (Å²) in [6.45, 7) is 0.705. The number of nitrogens with zero attached hydrogens (tertiary/aromatic N) is 1. The molecule has 1 atom stereocenters. The number of hydrogen-bond donors (Lipinski definition) is 1. The molecule has 0 saturated heterocycles. The van der Waals surface area contributed by atoms with Crippen molar-refractivity contribution >= 4 is 0 Å². The Morgan fingerprint density at radius 2 is 1.72 bits per heavy atom. The lowest BCUT2D eigenvalue weighted by molar-refractivity contribution is 0.161. The fraction of sp³-hybridized carbons (Fsp3) is 0.625. The van der Waals surface area contributed by atoms with Crippen LogP contribution in [-0.4, -0.2) is 24.5 Å². The molecular weight excluding hydrogens is 220 g/mol. The normalized spacial score (nSPS) is 19.7. The summed E-state index contributed by atoms with van der Waals surface area (Å²) in [5.74, 6) is 0. The van der Waals surface area contributed by atoms with Gasteiger partial charge in [-0.05, 0) is 25.5 Å². The van der Waals surface area contributed by atoms with Gasteiger partial charge in [0.05, 0.1) is 0 Å². The minimum atomic E-state index is 0.370. The van der Waals surface area contributed by atoms with E-state index < -0.39 is 0 Å². The van der Waals surface area contributed by atoms with Gasteiger partial charge in [-0.15, -0.1) is 0 Å². The highest BCUT2D eigenvalue weighted by molar-refractivity contribution is 5.19. The Hall–Kier alpha value is -0.860. The van der Waals surface area contributed by atoms with Crippen LogP contribution in [0.5, 0.6) is 0 Å². The summed E-state index contributed by atoms with van der Waals surface area (Å²) in [6.07, 6.45) is 8.23. The van der Waals surface area contributed by atoms with Gasteiger partial charge in [-0.1, -0.05) is 56.0 Å². The van der Waals surface area contributed by atoms with Crippen LogP contribution in [0.15, 0.2) is 30.3 Å². The molecule has 1 saturated carbocycles. The molecule has 1 fully saturated rings. The van der Waals surface area contributed by atoms with Crippen molar-refractivity contribution in [1.82, 2.24) is 4.90 Å². The molecule has 100 valence electrons. The van der Waals surface area contributed by atoms with Crippen LogP contribution in [0.4, 0.5) is 0 Å². The molecule has 0 spiro atoms. The van der Waals surface area contributed by atoms with Gasteiger partial charge in [0.25, 0.3) is 0 Å². The molecule has 2 nitrogen and oxygen atoms in total. The van der Waals surface area contributed by atoms with Gasteiger partial charge in [0, 0.05) is 18.6 Å². The van der Waals surface area contributed by atoms with E-state index in [2.05, 4.69) is 42.3 Å². The number of likely N-dealkylation sites (N-methyl/N-ethyl adjacent to an activating group) is 1. The lowest BCUT2D eigenvalue weighted by Crippen LogP contribution is -2.38. The van der Waals surface area contributed by atoms with E-state index in [1.807, 2.05) is 0 Å². The van der Waals surface area contributed by atoms with Gasteiger partial charge in [-0.3, -0.25) is 4.90 Å². The van der Waals surface area contributed by atoms with E-state index in [-0.39, 0.29) is 0 Å². The highest BCUT2D eigenvalue weighted by Gasteiger charge is 2.23. The number of benzene rings is 1. The third-order valence-electron chi connectivity index (χ3n) is 4.30. The van der Waals surface area contributed by atoms with Crippen molar-refractivity contribution in [2.75, 3.05) is 13.6 Å². The summed E-state index contributed by atoms with van der Waals surface area (Å²) in [7, 11) is 2.25. The van der Waals surface area contributed by atoms with Crippen molar-refractivity contribution in [3.63, 3.8) is 0 Å². The first-order valence-electron chi connectivity index (χ1n) is 7.30. The number of hydrogen-bond acceptors (Lipinski definition) is 2. The minimum absolute atomic E-state index is 0.370. The summed E-state index contributed by atoms with van der Waals surface area (Å²) in [5, 5.41) is 0. The second-order valence-corrected chi connectivity index (χ2v) is 5.47. The number of nitrogens with two attached hydrogens (primary N) is 1. The zero-order valence-corrected chi connectivity index (χ0v) is 11.5. The molecule has 0 amide bonds. The van der Waals surface area contributed by atoms with E-state index >= 15 is 0 Å². The predicted molar refractivity (Wildman–Crippen MR) is 77.5 cm³/mol. The summed E-state index contributed by atoms with van der Waals surface area (Å²) in [5.41, 5.74) is 7.36. The quantitative estimate of drug-likeness (QED) is 0.826. The Balaban J connectivity index is 2.06. The first kappa shape index (κ1) is 13.6. The summed E-state index contributed by atoms with van der Waals surface area (Å²) >= 11 is 0. The van der Waals surface area contributed by atoms with Crippen LogP contribution in [-0.2, 0) is 0 Å². The maximum atomic E-state index is 6.01. The topological polar surface area (TPSA) is 29.3 Å². The molecule has 2 heteroatoms. The summed E-state index contributed by atoms with van der Waals surface area (Å²) in [4.78, 5) is 2.51. The zero-order chi connectivity index (χ0) is 12.8. The van der Waals surface area contributed by atoms with Crippen molar-refractivity contribution in [3.05, 3.63) is 35.9 Å². The average Bonchev–Trinajstić information content (AvgIpc) is 2.69. The molecule has 0 aliphatic heterocycles. The van der Waals surface area contributed by atoms with Crippen LogP contribution in [0.1, 0.15) is 50.1 Å². The fourth-order valence-corrected chi connectivity index (χ4v) is 3.13. The third kappa shape index (κ3) is 3.33. The van der Waals surface area contributed by atoms with E-state index in [9.17, 15) is 0 Å². The molecule has 1 aromatic rings. The molecule has 0 aromatic heterocycles. The third-order valence-corrected chi connectivity index (χ3v) is 4.30. The van der Waals surface area contributed by atoms with Crippen LogP contribution >= 0.6 is 0 Å². The van der Waals surface area contributed by atoms with Crippen LogP contribution in [0.3, 0.4) is 0 Å². The molecule has 2 N–H and O–H groups in total. The maximum Gasteiger partial charge on any atom is 0.0470 e. The Morgan fingerprint density at radius 3 is 2.28 bits per heavy atom. The van der Waals surface area contributed by atoms with Crippen LogP contribution < -0.4 is 5.73 Å². The minimum Gasteiger partial charge on any atom is -0.329 e. The lowest BCUT2D eigenvalue weighted by Gasteiger charge is -2.34. The molecule has 0 radical (unpaired) electrons. The Kier molecular flexibility index (Phi) is 5.21. The molecule has 2 rings (SSSR count). The monoisotopic (exact) mass is 246 g/mol. The van der Waals surface area contributed by atoms with Gasteiger partial charge in [0.1, 0.15) is 0 Å². The van der Waals surface area contributed by atoms with E-state index in [0.717, 1.165) is 0 Å². The Labute approximate surface area is 111 Å². The SMILES string of the molecule is CN(C1CCCCCC1)C(CN)c1ccccc1. The second-order valence-electron chi connectivity index (χ2n) is 5.47. The first-order valence-corrected chi connectivity index (χ1v) is 7.30. The second kappa shape index (κ2) is 6.91. The Bertz CT molecular complexity index is 328. The van der Waals surface area contributed by atoms with E-state index in [1.54, 1.807) is 0 Å². The molecule has 1 aliphatic rings. The molecule has 0 bridgehead atoms. The van der Waals surface area contributed by atoms with Gasteiger partial charge >= 0.3 is 0 Å². The summed E-state index contributed by atoms with van der Waals surface area (Å²) in [6, 6.07) is 11.8. The average molecular weight is 246 g/mol. The van der Waals surface area contributed by atoms with Crippen LogP contribution in [0, 0.1) is 0 Å². The largest absolute Gasteiger partial charge is 0.329 e. The molecule has 1 aliphatic carbocycles. The maximum absolute atomic E-state index is 6.01. The van der Waals surface area contributed by atoms with Gasteiger partial charge in [-0.2, -0.15) is 0 Å². The van der Waals surface area contributed by atoms with Gasteiger partial charge in [-0.25, -0.2) is 0 Å². The number of rotatable bonds is 4. The molecule has 18 heavy (non-hydrogen) atoms. The van der Waals surface area contributed by atoms with E-state index in [4.69, 9.17) is 5.73 Å². The van der Waals surface area contributed by atoms with Crippen LogP contribution in [0.2, 0.25) is 0 Å². The van der Waals surface area contributed by atoms with Crippen molar-refractivity contribution in [3.8, 4) is 0 Å². The lowest BCUT2D eigenvalue weighted by atomic mass is 10.0. The fourth-order valence-electron chi connectivity index (χ4n) is 3.13. The Morgan fingerprint density at radius 1 is 1.11 bits per heavy atom. The molecule has 0 heterocycles. The van der Waals surface area contributed by atoms with Gasteiger partial charge in [0.2, 0.25) is 0 Å². The predicted octanol–water partition coefficient (Wildman–Crippen LogP) is 3.34. The molecule has 1 unspecified atom stereocenters. The van der Waals surface area contributed by atoms with E-state index in [1.165, 1.54) is 44.1 Å². The van der Waals surface area contributed by atoms with Crippen LogP contribution in [0.25, 0.3) is 0 Å². The first-order chi connectivity index (χ1) is 8.83. The smallest absolute Gasteiger partial charge is 0.0470 e. The molecular formula is C16H26N2. The van der Waals surface area contributed by atoms with Gasteiger partial charge in [0.15, 0.2) is 0 Å². The van der Waals surface area contributed by atoms with Crippen molar-refractivity contribution in [2.45, 2.75) is 50.6 Å². The van der Waals surface area contributed by atoms with E-state index in [0.29, 0.717) is 18.6 Å². The van der Waals surface area contributed by atoms with Crippen molar-refractivity contribution in [1.29, 1.82) is 0 Å². The zero-order valence-electron chi connectivity index (χ0n) is 11.5. The van der Waals surface area contributed by atoms with Crippen molar-refractivity contribution in [2.24, 2.45) is 5.73 Å². The van der Waals surface area contributed by atoms with Gasteiger partial charge < -0.3 is 5.73 Å². The summed E-state index contributed by atoms with van der Waals surface area (Å²) < 4.78 is 0. The molecule has 1 aromatic carbocycles.